The highest BCUT2D eigenvalue weighted by atomic mass is 16.5. The van der Waals surface area contributed by atoms with Crippen LogP contribution < -0.4 is 15.4 Å². The van der Waals surface area contributed by atoms with Gasteiger partial charge >= 0.3 is 5.97 Å². The minimum absolute atomic E-state index is 0.335. The predicted molar refractivity (Wildman–Crippen MR) is 109 cm³/mol. The predicted octanol–water partition coefficient (Wildman–Crippen LogP) is 2.76. The second-order valence-electron chi connectivity index (χ2n) is 6.19. The first-order valence-electron chi connectivity index (χ1n) is 8.91. The van der Waals surface area contributed by atoms with Gasteiger partial charge in [0, 0.05) is 17.3 Å². The van der Waals surface area contributed by atoms with Crippen molar-refractivity contribution in [2.45, 2.75) is 0 Å². The maximum absolute atomic E-state index is 12.2. The average Bonchev–Trinajstić information content (AvgIpc) is 2.75. The molecule has 0 atom stereocenters. The van der Waals surface area contributed by atoms with E-state index in [1.54, 1.807) is 36.4 Å². The smallest absolute Gasteiger partial charge is 0.325 e. The SMILES string of the molecule is COc1cccc(NC(=O)COC(=O)CNC(=O)c2ccc3ccccc3c2)c1. The van der Waals surface area contributed by atoms with Crippen molar-refractivity contribution in [2.24, 2.45) is 0 Å². The number of hydrogen-bond acceptors (Lipinski definition) is 5. The Hall–Kier alpha value is -3.87. The highest BCUT2D eigenvalue weighted by Crippen LogP contribution is 2.17. The van der Waals surface area contributed by atoms with Gasteiger partial charge in [0.15, 0.2) is 6.61 Å². The third-order valence-electron chi connectivity index (χ3n) is 4.12. The molecule has 3 rings (SSSR count). The molecule has 0 saturated carbocycles. The number of fused-ring (bicyclic) bond motifs is 1. The summed E-state index contributed by atoms with van der Waals surface area (Å²) in [6.45, 7) is -0.792. The summed E-state index contributed by atoms with van der Waals surface area (Å²) < 4.78 is 9.96. The van der Waals surface area contributed by atoms with Gasteiger partial charge in [0.1, 0.15) is 12.3 Å². The Morgan fingerprint density at radius 1 is 0.897 bits per heavy atom. The van der Waals surface area contributed by atoms with Crippen LogP contribution in [-0.2, 0) is 14.3 Å². The largest absolute Gasteiger partial charge is 0.497 e. The van der Waals surface area contributed by atoms with Crippen LogP contribution in [0.4, 0.5) is 5.69 Å². The molecular weight excluding hydrogens is 372 g/mol. The number of hydrogen-bond donors (Lipinski definition) is 2. The fourth-order valence-corrected chi connectivity index (χ4v) is 2.68. The third kappa shape index (κ3) is 5.55. The molecule has 0 unspecified atom stereocenters. The van der Waals surface area contributed by atoms with Gasteiger partial charge in [-0.15, -0.1) is 0 Å². The molecule has 0 bridgehead atoms. The highest BCUT2D eigenvalue weighted by Gasteiger charge is 2.11. The Bertz CT molecular complexity index is 1050. The standard InChI is InChI=1S/C22H20N2O5/c1-28-19-8-4-7-18(12-19)24-20(25)14-29-21(26)13-23-22(27)17-10-9-15-5-2-3-6-16(15)11-17/h2-12H,13-14H2,1H3,(H,23,27)(H,24,25). The van der Waals surface area contributed by atoms with Crippen LogP contribution in [-0.4, -0.2) is 38.0 Å². The molecule has 0 fully saturated rings. The van der Waals surface area contributed by atoms with Crippen LogP contribution in [0.25, 0.3) is 10.8 Å². The van der Waals surface area contributed by atoms with E-state index in [1.807, 2.05) is 30.3 Å². The van der Waals surface area contributed by atoms with E-state index in [4.69, 9.17) is 9.47 Å². The zero-order valence-corrected chi connectivity index (χ0v) is 15.8. The summed E-state index contributed by atoms with van der Waals surface area (Å²) in [6.07, 6.45) is 0. The topological polar surface area (TPSA) is 93.7 Å². The van der Waals surface area contributed by atoms with Crippen molar-refractivity contribution in [2.75, 3.05) is 25.6 Å². The first kappa shape index (κ1) is 19.9. The summed E-state index contributed by atoms with van der Waals surface area (Å²) in [5.74, 6) is -1.00. The Morgan fingerprint density at radius 3 is 2.48 bits per heavy atom. The van der Waals surface area contributed by atoms with Gasteiger partial charge in [-0.25, -0.2) is 0 Å². The fraction of sp³-hybridized carbons (Fsp3) is 0.136. The van der Waals surface area contributed by atoms with Gasteiger partial charge in [-0.2, -0.15) is 0 Å². The number of ether oxygens (including phenoxy) is 2. The molecule has 2 N–H and O–H groups in total. The van der Waals surface area contributed by atoms with E-state index in [0.29, 0.717) is 17.0 Å². The molecule has 0 saturated heterocycles. The Morgan fingerprint density at radius 2 is 1.69 bits per heavy atom. The third-order valence-corrected chi connectivity index (χ3v) is 4.12. The van der Waals surface area contributed by atoms with E-state index < -0.39 is 24.4 Å². The summed E-state index contributed by atoms with van der Waals surface area (Å²) >= 11 is 0. The van der Waals surface area contributed by atoms with Crippen LogP contribution in [0.3, 0.4) is 0 Å². The molecule has 0 heterocycles. The van der Waals surface area contributed by atoms with E-state index in [2.05, 4.69) is 10.6 Å². The quantitative estimate of drug-likeness (QED) is 0.603. The first-order valence-corrected chi connectivity index (χ1v) is 8.91. The van der Waals surface area contributed by atoms with Gasteiger partial charge in [0.05, 0.1) is 7.11 Å². The summed E-state index contributed by atoms with van der Waals surface area (Å²) in [4.78, 5) is 35.9. The van der Waals surface area contributed by atoms with Crippen molar-refractivity contribution in [1.82, 2.24) is 5.32 Å². The zero-order valence-electron chi connectivity index (χ0n) is 15.8. The van der Waals surface area contributed by atoms with Crippen molar-refractivity contribution < 1.29 is 23.9 Å². The molecular formula is C22H20N2O5. The van der Waals surface area contributed by atoms with Crippen LogP contribution in [0.5, 0.6) is 5.75 Å². The van der Waals surface area contributed by atoms with E-state index in [1.165, 1.54) is 7.11 Å². The maximum Gasteiger partial charge on any atom is 0.325 e. The number of methoxy groups -OCH3 is 1. The van der Waals surface area contributed by atoms with E-state index in [0.717, 1.165) is 10.8 Å². The summed E-state index contributed by atoms with van der Waals surface area (Å²) in [5.41, 5.74) is 0.960. The van der Waals surface area contributed by atoms with Crippen molar-refractivity contribution in [3.05, 3.63) is 72.3 Å². The molecule has 3 aromatic rings. The molecule has 0 aromatic heterocycles. The molecule has 7 nitrogen and oxygen atoms in total. The van der Waals surface area contributed by atoms with Gasteiger partial charge in [-0.05, 0) is 35.0 Å². The monoisotopic (exact) mass is 392 g/mol. The van der Waals surface area contributed by atoms with Crippen molar-refractivity contribution in [3.63, 3.8) is 0 Å². The minimum atomic E-state index is -0.708. The number of carbonyl (C=O) groups is 3. The lowest BCUT2D eigenvalue weighted by atomic mass is 10.1. The van der Waals surface area contributed by atoms with Gasteiger partial charge in [-0.1, -0.05) is 36.4 Å². The molecule has 148 valence electrons. The van der Waals surface area contributed by atoms with Gasteiger partial charge < -0.3 is 20.1 Å². The van der Waals surface area contributed by atoms with Crippen molar-refractivity contribution >= 4 is 34.2 Å². The molecule has 3 aromatic carbocycles. The van der Waals surface area contributed by atoms with Crippen LogP contribution in [0, 0.1) is 0 Å². The molecule has 7 heteroatoms. The average molecular weight is 392 g/mol. The lowest BCUT2D eigenvalue weighted by molar-refractivity contribution is -0.146. The van der Waals surface area contributed by atoms with E-state index in [-0.39, 0.29) is 6.54 Å². The van der Waals surface area contributed by atoms with E-state index >= 15 is 0 Å². The van der Waals surface area contributed by atoms with Crippen LogP contribution >= 0.6 is 0 Å². The second kappa shape index (κ2) is 9.36. The lowest BCUT2D eigenvalue weighted by Crippen LogP contribution is -2.32. The molecule has 29 heavy (non-hydrogen) atoms. The number of benzene rings is 3. The van der Waals surface area contributed by atoms with Crippen LogP contribution in [0.15, 0.2) is 66.7 Å². The first-order chi connectivity index (χ1) is 14.0. The highest BCUT2D eigenvalue weighted by molar-refractivity contribution is 6.00. The van der Waals surface area contributed by atoms with Gasteiger partial charge in [0.25, 0.3) is 11.8 Å². The molecule has 0 radical (unpaired) electrons. The van der Waals surface area contributed by atoms with Crippen LogP contribution in [0.1, 0.15) is 10.4 Å². The molecule has 0 aliphatic heterocycles. The van der Waals surface area contributed by atoms with Gasteiger partial charge in [-0.3, -0.25) is 14.4 Å². The van der Waals surface area contributed by atoms with E-state index in [9.17, 15) is 14.4 Å². The molecule has 2 amide bonds. The number of nitrogens with one attached hydrogen (secondary N) is 2. The summed E-state index contributed by atoms with van der Waals surface area (Å²) in [5, 5.41) is 7.03. The zero-order chi connectivity index (χ0) is 20.6. The number of rotatable bonds is 7. The summed E-state index contributed by atoms with van der Waals surface area (Å²) in [6, 6.07) is 19.7. The fourth-order valence-electron chi connectivity index (χ4n) is 2.68. The molecule has 0 aliphatic carbocycles. The molecule has 0 spiro atoms. The Kier molecular flexibility index (Phi) is 6.42. The maximum atomic E-state index is 12.2. The summed E-state index contributed by atoms with van der Waals surface area (Å²) in [7, 11) is 1.52. The minimum Gasteiger partial charge on any atom is -0.497 e. The Balaban J connectivity index is 1.45. The normalized spacial score (nSPS) is 10.2. The second-order valence-corrected chi connectivity index (χ2v) is 6.19. The van der Waals surface area contributed by atoms with Crippen molar-refractivity contribution in [3.8, 4) is 5.75 Å². The molecule has 0 aliphatic rings. The number of anilines is 1. The van der Waals surface area contributed by atoms with Crippen molar-refractivity contribution in [1.29, 1.82) is 0 Å². The number of amides is 2. The number of carbonyl (C=O) groups excluding carboxylic acids is 3. The lowest BCUT2D eigenvalue weighted by Gasteiger charge is -2.09. The van der Waals surface area contributed by atoms with Gasteiger partial charge in [0.2, 0.25) is 0 Å². The van der Waals surface area contributed by atoms with Crippen LogP contribution in [0.2, 0.25) is 0 Å². The number of esters is 1. The Labute approximate surface area is 167 Å².